The van der Waals surface area contributed by atoms with Crippen molar-refractivity contribution in [3.63, 3.8) is 0 Å². The van der Waals surface area contributed by atoms with E-state index in [1.54, 1.807) is 6.07 Å². The highest BCUT2D eigenvalue weighted by Crippen LogP contribution is 2.19. The van der Waals surface area contributed by atoms with Crippen molar-refractivity contribution in [3.05, 3.63) is 29.6 Å². The standard InChI is InChI=1S/C15H23FN2/c1-12-11-13(16)6-7-15(12)17-9-8-14-5-3-4-10-18(14)2/h6-7,11,14,17H,3-5,8-10H2,1-2H3. The first-order chi connectivity index (χ1) is 8.66. The van der Waals surface area contributed by atoms with Crippen molar-refractivity contribution >= 4 is 5.69 Å². The van der Waals surface area contributed by atoms with Crippen molar-refractivity contribution in [3.8, 4) is 0 Å². The quantitative estimate of drug-likeness (QED) is 0.881. The molecule has 0 aromatic heterocycles. The summed E-state index contributed by atoms with van der Waals surface area (Å²) in [6.45, 7) is 4.12. The van der Waals surface area contributed by atoms with Gasteiger partial charge in [-0.1, -0.05) is 6.42 Å². The Morgan fingerprint density at radius 3 is 2.94 bits per heavy atom. The molecule has 0 saturated carbocycles. The molecule has 1 aliphatic rings. The number of likely N-dealkylation sites (tertiary alicyclic amines) is 1. The van der Waals surface area contributed by atoms with Crippen LogP contribution in [0.2, 0.25) is 0 Å². The van der Waals surface area contributed by atoms with E-state index < -0.39 is 0 Å². The molecular weight excluding hydrogens is 227 g/mol. The van der Waals surface area contributed by atoms with Crippen molar-refractivity contribution in [2.24, 2.45) is 0 Å². The van der Waals surface area contributed by atoms with E-state index in [9.17, 15) is 4.39 Å². The molecule has 1 fully saturated rings. The Kier molecular flexibility index (Phi) is 4.59. The third-order valence-electron chi connectivity index (χ3n) is 3.90. The van der Waals surface area contributed by atoms with Gasteiger partial charge in [0.15, 0.2) is 0 Å². The summed E-state index contributed by atoms with van der Waals surface area (Å²) in [6, 6.07) is 5.62. The Bertz CT molecular complexity index is 392. The van der Waals surface area contributed by atoms with Gasteiger partial charge in [0.05, 0.1) is 0 Å². The van der Waals surface area contributed by atoms with E-state index in [-0.39, 0.29) is 5.82 Å². The molecule has 2 rings (SSSR count). The van der Waals surface area contributed by atoms with Gasteiger partial charge in [-0.3, -0.25) is 0 Å². The number of hydrogen-bond acceptors (Lipinski definition) is 2. The number of nitrogens with one attached hydrogen (secondary N) is 1. The SMILES string of the molecule is Cc1cc(F)ccc1NCCC1CCCCN1C. The molecule has 0 aliphatic carbocycles. The van der Waals surface area contributed by atoms with Gasteiger partial charge in [0.1, 0.15) is 5.82 Å². The molecule has 1 atom stereocenters. The zero-order valence-electron chi connectivity index (χ0n) is 11.4. The number of halogens is 1. The van der Waals surface area contributed by atoms with Gasteiger partial charge in [-0.2, -0.15) is 0 Å². The lowest BCUT2D eigenvalue weighted by Gasteiger charge is -2.32. The Hall–Kier alpha value is -1.09. The maximum absolute atomic E-state index is 13.0. The molecule has 0 spiro atoms. The van der Waals surface area contributed by atoms with Crippen LogP contribution in [0, 0.1) is 12.7 Å². The van der Waals surface area contributed by atoms with Crippen molar-refractivity contribution < 1.29 is 4.39 Å². The number of benzene rings is 1. The predicted molar refractivity (Wildman–Crippen MR) is 74.5 cm³/mol. The van der Waals surface area contributed by atoms with E-state index in [1.165, 1.54) is 31.9 Å². The Morgan fingerprint density at radius 1 is 1.39 bits per heavy atom. The molecule has 2 nitrogen and oxygen atoms in total. The minimum atomic E-state index is -0.162. The summed E-state index contributed by atoms with van der Waals surface area (Å²) in [5.74, 6) is -0.162. The smallest absolute Gasteiger partial charge is 0.123 e. The molecule has 1 saturated heterocycles. The minimum Gasteiger partial charge on any atom is -0.385 e. The van der Waals surface area contributed by atoms with Gasteiger partial charge in [0.2, 0.25) is 0 Å². The topological polar surface area (TPSA) is 15.3 Å². The van der Waals surface area contributed by atoms with E-state index in [1.807, 2.05) is 13.0 Å². The average Bonchev–Trinajstić information content (AvgIpc) is 2.34. The number of rotatable bonds is 4. The van der Waals surface area contributed by atoms with Crippen LogP contribution in [0.25, 0.3) is 0 Å². The fourth-order valence-corrected chi connectivity index (χ4v) is 2.71. The number of anilines is 1. The van der Waals surface area contributed by atoms with Crippen LogP contribution >= 0.6 is 0 Å². The fourth-order valence-electron chi connectivity index (χ4n) is 2.71. The third-order valence-corrected chi connectivity index (χ3v) is 3.90. The van der Waals surface area contributed by atoms with E-state index in [0.29, 0.717) is 6.04 Å². The second kappa shape index (κ2) is 6.19. The van der Waals surface area contributed by atoms with Crippen LogP contribution in [0.15, 0.2) is 18.2 Å². The first-order valence-electron chi connectivity index (χ1n) is 6.87. The lowest BCUT2D eigenvalue weighted by atomic mass is 10.00. The minimum absolute atomic E-state index is 0.162. The molecule has 0 bridgehead atoms. The summed E-state index contributed by atoms with van der Waals surface area (Å²) >= 11 is 0. The highest BCUT2D eigenvalue weighted by atomic mass is 19.1. The van der Waals surface area contributed by atoms with Gasteiger partial charge < -0.3 is 10.2 Å². The first kappa shape index (κ1) is 13.3. The number of hydrogen-bond donors (Lipinski definition) is 1. The number of aryl methyl sites for hydroxylation is 1. The van der Waals surface area contributed by atoms with E-state index in [2.05, 4.69) is 17.3 Å². The number of nitrogens with zero attached hydrogens (tertiary/aromatic N) is 1. The summed E-state index contributed by atoms with van der Waals surface area (Å²) in [7, 11) is 2.22. The average molecular weight is 250 g/mol. The second-order valence-electron chi connectivity index (χ2n) is 5.30. The fraction of sp³-hybridized carbons (Fsp3) is 0.600. The third kappa shape index (κ3) is 3.45. The van der Waals surface area contributed by atoms with Crippen LogP contribution in [-0.4, -0.2) is 31.1 Å². The summed E-state index contributed by atoms with van der Waals surface area (Å²) in [4.78, 5) is 2.46. The van der Waals surface area contributed by atoms with Crippen molar-refractivity contribution in [2.75, 3.05) is 25.5 Å². The van der Waals surface area contributed by atoms with E-state index >= 15 is 0 Å². The molecular formula is C15H23FN2. The van der Waals surface area contributed by atoms with E-state index in [0.717, 1.165) is 24.2 Å². The van der Waals surface area contributed by atoms with Gasteiger partial charge >= 0.3 is 0 Å². The van der Waals surface area contributed by atoms with Crippen LogP contribution in [0.5, 0.6) is 0 Å². The Labute approximate surface area is 109 Å². The zero-order chi connectivity index (χ0) is 13.0. The molecule has 1 aromatic carbocycles. The van der Waals surface area contributed by atoms with Crippen LogP contribution in [0.1, 0.15) is 31.2 Å². The Balaban J connectivity index is 1.81. The molecule has 1 N–H and O–H groups in total. The molecule has 0 radical (unpaired) electrons. The maximum Gasteiger partial charge on any atom is 0.123 e. The van der Waals surface area contributed by atoms with Crippen LogP contribution in [0.4, 0.5) is 10.1 Å². The maximum atomic E-state index is 13.0. The molecule has 1 heterocycles. The van der Waals surface area contributed by atoms with Gasteiger partial charge in [-0.25, -0.2) is 4.39 Å². The highest BCUT2D eigenvalue weighted by molar-refractivity contribution is 5.50. The van der Waals surface area contributed by atoms with Gasteiger partial charge in [-0.15, -0.1) is 0 Å². The van der Waals surface area contributed by atoms with E-state index in [4.69, 9.17) is 0 Å². The lowest BCUT2D eigenvalue weighted by Crippen LogP contribution is -2.37. The highest BCUT2D eigenvalue weighted by Gasteiger charge is 2.17. The summed E-state index contributed by atoms with van der Waals surface area (Å²) < 4.78 is 13.0. The normalized spacial score (nSPS) is 20.9. The number of piperidine rings is 1. The first-order valence-corrected chi connectivity index (χ1v) is 6.87. The van der Waals surface area contributed by atoms with Gasteiger partial charge in [-0.05, 0) is 63.5 Å². The molecule has 0 amide bonds. The summed E-state index contributed by atoms with van der Waals surface area (Å²) in [5.41, 5.74) is 2.03. The molecule has 1 aromatic rings. The van der Waals surface area contributed by atoms with Crippen molar-refractivity contribution in [1.82, 2.24) is 4.90 Å². The van der Waals surface area contributed by atoms with Crippen LogP contribution in [-0.2, 0) is 0 Å². The predicted octanol–water partition coefficient (Wildman–Crippen LogP) is 3.42. The van der Waals surface area contributed by atoms with Crippen molar-refractivity contribution in [2.45, 2.75) is 38.6 Å². The zero-order valence-corrected chi connectivity index (χ0v) is 11.4. The largest absolute Gasteiger partial charge is 0.385 e. The molecule has 1 aliphatic heterocycles. The van der Waals surface area contributed by atoms with Gasteiger partial charge in [0.25, 0.3) is 0 Å². The van der Waals surface area contributed by atoms with Gasteiger partial charge in [0, 0.05) is 18.3 Å². The summed E-state index contributed by atoms with van der Waals surface area (Å²) in [5, 5.41) is 3.41. The monoisotopic (exact) mass is 250 g/mol. The van der Waals surface area contributed by atoms with Crippen LogP contribution < -0.4 is 5.32 Å². The van der Waals surface area contributed by atoms with Crippen molar-refractivity contribution in [1.29, 1.82) is 0 Å². The molecule has 3 heteroatoms. The molecule has 1 unspecified atom stereocenters. The molecule has 18 heavy (non-hydrogen) atoms. The van der Waals surface area contributed by atoms with Crippen LogP contribution in [0.3, 0.4) is 0 Å². The molecule has 100 valence electrons. The Morgan fingerprint density at radius 2 is 2.22 bits per heavy atom. The lowest BCUT2D eigenvalue weighted by molar-refractivity contribution is 0.179. The second-order valence-corrected chi connectivity index (χ2v) is 5.30. The summed E-state index contributed by atoms with van der Waals surface area (Å²) in [6.07, 6.45) is 5.15.